The van der Waals surface area contributed by atoms with Crippen LogP contribution in [0.1, 0.15) is 18.0 Å². The summed E-state index contributed by atoms with van der Waals surface area (Å²) >= 11 is 0. The van der Waals surface area contributed by atoms with E-state index >= 15 is 0 Å². The Morgan fingerprint density at radius 2 is 2.06 bits per heavy atom. The Hall–Kier alpha value is -2.10. The first-order chi connectivity index (χ1) is 8.17. The second-order valence-corrected chi connectivity index (χ2v) is 3.46. The first-order valence-electron chi connectivity index (χ1n) is 5.22. The Kier molecular flexibility index (Phi) is 4.94. The fraction of sp³-hybridized carbons (Fsp3) is 0.231. The number of carbonyl (C=O) groups is 2. The molecule has 1 atom stereocenters. The number of benzene rings is 1. The number of methoxy groups -OCH3 is 1. The minimum atomic E-state index is -0.394. The van der Waals surface area contributed by atoms with Crippen molar-refractivity contribution in [2.24, 2.45) is 0 Å². The summed E-state index contributed by atoms with van der Waals surface area (Å²) in [6, 6.07) is 8.86. The highest BCUT2D eigenvalue weighted by atomic mass is 16.5. The maximum absolute atomic E-state index is 11.3. The second-order valence-electron chi connectivity index (χ2n) is 3.46. The van der Waals surface area contributed by atoms with Gasteiger partial charge < -0.3 is 10.1 Å². The minimum Gasteiger partial charge on any atom is -0.469 e. The van der Waals surface area contributed by atoms with Crippen molar-refractivity contribution >= 4 is 11.9 Å². The van der Waals surface area contributed by atoms with Crippen molar-refractivity contribution in [2.75, 3.05) is 7.11 Å². The molecule has 0 aliphatic carbocycles. The highest BCUT2D eigenvalue weighted by Gasteiger charge is 2.17. The summed E-state index contributed by atoms with van der Waals surface area (Å²) in [5.41, 5.74) is 0.855. The second kappa shape index (κ2) is 6.48. The predicted molar refractivity (Wildman–Crippen MR) is 64.2 cm³/mol. The standard InChI is InChI=1S/C13H15NO3/c1-3-12(15)14-11(9-13(16)17-2)10-7-5-4-6-8-10/h3-8,11H,1,9H2,2H3,(H,14,15). The summed E-state index contributed by atoms with van der Waals surface area (Å²) in [4.78, 5) is 22.6. The molecule has 0 fully saturated rings. The lowest BCUT2D eigenvalue weighted by Gasteiger charge is -2.17. The van der Waals surface area contributed by atoms with Gasteiger partial charge in [-0.3, -0.25) is 9.59 Å². The molecule has 1 aromatic carbocycles. The number of carbonyl (C=O) groups excluding carboxylic acids is 2. The maximum atomic E-state index is 11.3. The number of esters is 1. The smallest absolute Gasteiger partial charge is 0.307 e. The number of hydrogen-bond donors (Lipinski definition) is 1. The van der Waals surface area contributed by atoms with Crippen LogP contribution in [-0.2, 0) is 14.3 Å². The normalized spacial score (nSPS) is 11.4. The molecule has 1 aromatic rings. The third-order valence-electron chi connectivity index (χ3n) is 2.30. The molecular weight excluding hydrogens is 218 g/mol. The van der Waals surface area contributed by atoms with Crippen LogP contribution in [0.25, 0.3) is 0 Å². The Morgan fingerprint density at radius 3 is 2.59 bits per heavy atom. The summed E-state index contributed by atoms with van der Waals surface area (Å²) in [6.45, 7) is 3.38. The van der Waals surface area contributed by atoms with Crippen LogP contribution in [0.2, 0.25) is 0 Å². The molecule has 0 spiro atoms. The molecule has 0 aliphatic rings. The van der Waals surface area contributed by atoms with Gasteiger partial charge in [0.25, 0.3) is 0 Å². The summed E-state index contributed by atoms with van der Waals surface area (Å²) in [5, 5.41) is 2.69. The summed E-state index contributed by atoms with van der Waals surface area (Å²) in [5.74, 6) is -0.689. The molecule has 0 saturated carbocycles. The zero-order chi connectivity index (χ0) is 12.7. The van der Waals surface area contributed by atoms with E-state index in [2.05, 4.69) is 16.6 Å². The van der Waals surface area contributed by atoms with Crippen molar-refractivity contribution in [2.45, 2.75) is 12.5 Å². The Labute approximate surface area is 100 Å². The zero-order valence-electron chi connectivity index (χ0n) is 9.68. The minimum absolute atomic E-state index is 0.0973. The lowest BCUT2D eigenvalue weighted by molar-refractivity contribution is -0.141. The van der Waals surface area contributed by atoms with Crippen LogP contribution in [-0.4, -0.2) is 19.0 Å². The van der Waals surface area contributed by atoms with Gasteiger partial charge in [0.15, 0.2) is 0 Å². The Bertz CT molecular complexity index is 400. The number of amides is 1. The van der Waals surface area contributed by atoms with E-state index in [0.29, 0.717) is 0 Å². The van der Waals surface area contributed by atoms with E-state index in [0.717, 1.165) is 5.56 Å². The van der Waals surface area contributed by atoms with Gasteiger partial charge in [-0.1, -0.05) is 36.9 Å². The van der Waals surface area contributed by atoms with Crippen molar-refractivity contribution in [3.05, 3.63) is 48.6 Å². The van der Waals surface area contributed by atoms with Gasteiger partial charge in [-0.15, -0.1) is 0 Å². The van der Waals surface area contributed by atoms with E-state index in [4.69, 9.17) is 0 Å². The lowest BCUT2D eigenvalue weighted by Crippen LogP contribution is -2.28. The molecule has 0 saturated heterocycles. The van der Waals surface area contributed by atoms with Gasteiger partial charge >= 0.3 is 5.97 Å². The van der Waals surface area contributed by atoms with Crippen LogP contribution >= 0.6 is 0 Å². The summed E-state index contributed by atoms with van der Waals surface area (Å²) < 4.78 is 4.60. The molecule has 1 unspecified atom stereocenters. The molecule has 1 N–H and O–H groups in total. The van der Waals surface area contributed by atoms with E-state index in [1.54, 1.807) is 0 Å². The van der Waals surface area contributed by atoms with Crippen molar-refractivity contribution in [1.82, 2.24) is 5.32 Å². The highest BCUT2D eigenvalue weighted by Crippen LogP contribution is 2.16. The van der Waals surface area contributed by atoms with Crippen LogP contribution in [0.4, 0.5) is 0 Å². The number of nitrogens with one attached hydrogen (secondary N) is 1. The van der Waals surface area contributed by atoms with Crippen molar-refractivity contribution in [3.63, 3.8) is 0 Å². The first-order valence-corrected chi connectivity index (χ1v) is 5.22. The molecule has 1 rings (SSSR count). The van der Waals surface area contributed by atoms with Gasteiger partial charge in [0.2, 0.25) is 5.91 Å². The van der Waals surface area contributed by atoms with Crippen LogP contribution < -0.4 is 5.32 Å². The third kappa shape index (κ3) is 4.10. The molecule has 17 heavy (non-hydrogen) atoms. The van der Waals surface area contributed by atoms with E-state index < -0.39 is 6.04 Å². The SMILES string of the molecule is C=CC(=O)NC(CC(=O)OC)c1ccccc1. The molecule has 0 aliphatic heterocycles. The van der Waals surface area contributed by atoms with Crippen LogP contribution in [0.15, 0.2) is 43.0 Å². The topological polar surface area (TPSA) is 55.4 Å². The van der Waals surface area contributed by atoms with E-state index in [1.807, 2.05) is 30.3 Å². The van der Waals surface area contributed by atoms with Gasteiger partial charge in [-0.05, 0) is 11.6 Å². The fourth-order valence-corrected chi connectivity index (χ4v) is 1.42. The van der Waals surface area contributed by atoms with Gasteiger partial charge in [-0.25, -0.2) is 0 Å². The van der Waals surface area contributed by atoms with E-state index in [-0.39, 0.29) is 18.3 Å². The molecule has 4 heteroatoms. The average Bonchev–Trinajstić information content (AvgIpc) is 2.38. The number of rotatable bonds is 5. The number of hydrogen-bond acceptors (Lipinski definition) is 3. The monoisotopic (exact) mass is 233 g/mol. The summed E-state index contributed by atoms with van der Waals surface area (Å²) in [7, 11) is 1.32. The molecule has 90 valence electrons. The Balaban J connectivity index is 2.82. The third-order valence-corrected chi connectivity index (χ3v) is 2.30. The molecule has 1 amide bonds. The molecular formula is C13H15NO3. The van der Waals surface area contributed by atoms with Crippen molar-refractivity contribution in [1.29, 1.82) is 0 Å². The average molecular weight is 233 g/mol. The fourth-order valence-electron chi connectivity index (χ4n) is 1.42. The van der Waals surface area contributed by atoms with Crippen LogP contribution in [0.3, 0.4) is 0 Å². The molecule has 0 radical (unpaired) electrons. The van der Waals surface area contributed by atoms with Gasteiger partial charge in [0.1, 0.15) is 0 Å². The van der Waals surface area contributed by atoms with E-state index in [1.165, 1.54) is 13.2 Å². The predicted octanol–water partition coefficient (Wildman–Crippen LogP) is 1.59. The van der Waals surface area contributed by atoms with Gasteiger partial charge in [0, 0.05) is 0 Å². The maximum Gasteiger partial charge on any atom is 0.307 e. The van der Waals surface area contributed by atoms with Gasteiger partial charge in [-0.2, -0.15) is 0 Å². The molecule has 4 nitrogen and oxygen atoms in total. The molecule has 0 heterocycles. The lowest BCUT2D eigenvalue weighted by atomic mass is 10.0. The van der Waals surface area contributed by atoms with Crippen LogP contribution in [0.5, 0.6) is 0 Å². The van der Waals surface area contributed by atoms with Crippen molar-refractivity contribution in [3.8, 4) is 0 Å². The molecule has 0 aromatic heterocycles. The molecule has 0 bridgehead atoms. The van der Waals surface area contributed by atoms with Gasteiger partial charge in [0.05, 0.1) is 19.6 Å². The quantitative estimate of drug-likeness (QED) is 0.620. The Morgan fingerprint density at radius 1 is 1.41 bits per heavy atom. The number of ether oxygens (including phenoxy) is 1. The van der Waals surface area contributed by atoms with Crippen molar-refractivity contribution < 1.29 is 14.3 Å². The largest absolute Gasteiger partial charge is 0.469 e. The highest BCUT2D eigenvalue weighted by molar-refractivity contribution is 5.87. The zero-order valence-corrected chi connectivity index (χ0v) is 9.68. The van der Waals surface area contributed by atoms with E-state index in [9.17, 15) is 9.59 Å². The summed E-state index contributed by atoms with van der Waals surface area (Å²) in [6.07, 6.45) is 1.27. The van der Waals surface area contributed by atoms with Crippen LogP contribution in [0, 0.1) is 0 Å². The first kappa shape index (κ1) is 13.0.